The lowest BCUT2D eigenvalue weighted by Gasteiger charge is -2.29. The van der Waals surface area contributed by atoms with Gasteiger partial charge in [-0.3, -0.25) is 9.59 Å². The van der Waals surface area contributed by atoms with E-state index in [0.717, 1.165) is 17.1 Å². The van der Waals surface area contributed by atoms with E-state index in [1.807, 2.05) is 68.4 Å². The largest absolute Gasteiger partial charge is 0.497 e. The number of benzene rings is 2. The third-order valence-electron chi connectivity index (χ3n) is 4.66. The van der Waals surface area contributed by atoms with Crippen molar-refractivity contribution in [2.75, 3.05) is 13.7 Å². The molecule has 0 saturated carbocycles. The van der Waals surface area contributed by atoms with Gasteiger partial charge in [-0.25, -0.2) is 0 Å². The number of hydrogen-bond donors (Lipinski definition) is 1. The Labute approximate surface area is 179 Å². The van der Waals surface area contributed by atoms with Gasteiger partial charge in [0, 0.05) is 19.0 Å². The second kappa shape index (κ2) is 11.9. The number of carbonyl (C=O) groups excluding carboxylic acids is 2. The van der Waals surface area contributed by atoms with Gasteiger partial charge in [0.2, 0.25) is 11.8 Å². The molecule has 6 heteroatoms. The molecule has 0 radical (unpaired) electrons. The minimum atomic E-state index is -0.572. The quantitative estimate of drug-likeness (QED) is 0.570. The summed E-state index contributed by atoms with van der Waals surface area (Å²) < 4.78 is 10.9. The predicted octanol–water partition coefficient (Wildman–Crippen LogP) is 3.80. The maximum Gasteiger partial charge on any atom is 0.242 e. The lowest BCUT2D eigenvalue weighted by atomic mass is 10.1. The van der Waals surface area contributed by atoms with Crippen molar-refractivity contribution < 1.29 is 19.1 Å². The highest BCUT2D eigenvalue weighted by Crippen LogP contribution is 2.16. The fraction of sp³-hybridized carbons (Fsp3) is 0.417. The number of para-hydroxylation sites is 1. The van der Waals surface area contributed by atoms with Crippen molar-refractivity contribution in [2.24, 2.45) is 0 Å². The maximum absolute atomic E-state index is 13.0. The van der Waals surface area contributed by atoms with E-state index in [0.29, 0.717) is 26.0 Å². The Hall–Kier alpha value is -3.02. The van der Waals surface area contributed by atoms with Crippen molar-refractivity contribution in [3.8, 4) is 11.5 Å². The van der Waals surface area contributed by atoms with Crippen molar-refractivity contribution >= 4 is 11.8 Å². The van der Waals surface area contributed by atoms with E-state index in [4.69, 9.17) is 9.47 Å². The van der Waals surface area contributed by atoms with Crippen LogP contribution in [0.25, 0.3) is 0 Å². The maximum atomic E-state index is 13.0. The summed E-state index contributed by atoms with van der Waals surface area (Å²) in [5.41, 5.74) is 0.939. The van der Waals surface area contributed by atoms with Crippen LogP contribution in [0.5, 0.6) is 11.5 Å². The third kappa shape index (κ3) is 7.43. The number of hydrogen-bond acceptors (Lipinski definition) is 4. The number of nitrogens with one attached hydrogen (secondary N) is 1. The Balaban J connectivity index is 2.00. The highest BCUT2D eigenvalue weighted by Gasteiger charge is 2.26. The molecule has 0 heterocycles. The number of amides is 2. The normalized spacial score (nSPS) is 11.6. The first-order chi connectivity index (χ1) is 14.4. The third-order valence-corrected chi connectivity index (χ3v) is 4.66. The van der Waals surface area contributed by atoms with Crippen LogP contribution in [-0.4, -0.2) is 42.5 Å². The van der Waals surface area contributed by atoms with Crippen LogP contribution >= 0.6 is 0 Å². The van der Waals surface area contributed by atoms with Crippen molar-refractivity contribution in [2.45, 2.75) is 52.2 Å². The molecule has 2 aromatic rings. The molecule has 0 aliphatic carbocycles. The summed E-state index contributed by atoms with van der Waals surface area (Å²) >= 11 is 0. The summed E-state index contributed by atoms with van der Waals surface area (Å²) in [5, 5.41) is 2.89. The van der Waals surface area contributed by atoms with Crippen LogP contribution in [0.3, 0.4) is 0 Å². The van der Waals surface area contributed by atoms with Gasteiger partial charge in [0.1, 0.15) is 17.5 Å². The van der Waals surface area contributed by atoms with Crippen LogP contribution in [-0.2, 0) is 16.1 Å². The lowest BCUT2D eigenvalue weighted by molar-refractivity contribution is -0.141. The smallest absolute Gasteiger partial charge is 0.242 e. The van der Waals surface area contributed by atoms with Crippen LogP contribution in [0.4, 0.5) is 0 Å². The highest BCUT2D eigenvalue weighted by atomic mass is 16.5. The van der Waals surface area contributed by atoms with Gasteiger partial charge >= 0.3 is 0 Å². The summed E-state index contributed by atoms with van der Waals surface area (Å²) in [4.78, 5) is 27.2. The molecule has 0 saturated heterocycles. The molecule has 6 nitrogen and oxygen atoms in total. The van der Waals surface area contributed by atoms with Crippen molar-refractivity contribution in [3.05, 3.63) is 60.2 Å². The highest BCUT2D eigenvalue weighted by molar-refractivity contribution is 5.87. The minimum Gasteiger partial charge on any atom is -0.497 e. The van der Waals surface area contributed by atoms with Crippen molar-refractivity contribution in [1.82, 2.24) is 10.2 Å². The number of carbonyl (C=O) groups is 2. The van der Waals surface area contributed by atoms with E-state index < -0.39 is 6.04 Å². The van der Waals surface area contributed by atoms with Crippen LogP contribution in [0.15, 0.2) is 54.6 Å². The Bertz CT molecular complexity index is 791. The minimum absolute atomic E-state index is 0.0113. The number of methoxy groups -OCH3 is 1. The fourth-order valence-corrected chi connectivity index (χ4v) is 2.99. The molecular weight excluding hydrogens is 380 g/mol. The van der Waals surface area contributed by atoms with Crippen LogP contribution in [0.1, 0.15) is 39.2 Å². The van der Waals surface area contributed by atoms with Gasteiger partial charge < -0.3 is 19.7 Å². The average molecular weight is 413 g/mol. The van der Waals surface area contributed by atoms with Crippen LogP contribution < -0.4 is 14.8 Å². The molecule has 0 unspecified atom stereocenters. The molecule has 0 aliphatic rings. The zero-order valence-electron chi connectivity index (χ0n) is 18.3. The fourth-order valence-electron chi connectivity index (χ4n) is 2.99. The second-order valence-corrected chi connectivity index (χ2v) is 7.47. The number of nitrogens with zero attached hydrogens (tertiary/aromatic N) is 1. The monoisotopic (exact) mass is 412 g/mol. The first kappa shape index (κ1) is 23.3. The first-order valence-corrected chi connectivity index (χ1v) is 10.3. The topological polar surface area (TPSA) is 67.9 Å². The van der Waals surface area contributed by atoms with Gasteiger partial charge in [0.15, 0.2) is 0 Å². The summed E-state index contributed by atoms with van der Waals surface area (Å²) in [6.07, 6.45) is 0.883. The molecule has 1 atom stereocenters. The molecular formula is C24H32N2O4. The van der Waals surface area contributed by atoms with Gasteiger partial charge in [0.25, 0.3) is 0 Å². The van der Waals surface area contributed by atoms with Crippen LogP contribution in [0.2, 0.25) is 0 Å². The zero-order chi connectivity index (χ0) is 21.9. The Morgan fingerprint density at radius 1 is 0.967 bits per heavy atom. The summed E-state index contributed by atoms with van der Waals surface area (Å²) in [6, 6.07) is 16.5. The molecule has 0 aliphatic heterocycles. The molecule has 162 valence electrons. The van der Waals surface area contributed by atoms with Crippen molar-refractivity contribution in [1.29, 1.82) is 0 Å². The molecule has 2 rings (SSSR count). The summed E-state index contributed by atoms with van der Waals surface area (Å²) in [5.74, 6) is 1.30. The predicted molar refractivity (Wildman–Crippen MR) is 117 cm³/mol. The van der Waals surface area contributed by atoms with Gasteiger partial charge in [-0.2, -0.15) is 0 Å². The van der Waals surface area contributed by atoms with Crippen molar-refractivity contribution in [3.63, 3.8) is 0 Å². The van der Waals surface area contributed by atoms with Gasteiger partial charge in [-0.05, 0) is 57.0 Å². The Kier molecular flexibility index (Phi) is 9.19. The summed E-state index contributed by atoms with van der Waals surface area (Å²) in [7, 11) is 1.61. The molecule has 0 aromatic heterocycles. The average Bonchev–Trinajstić information content (AvgIpc) is 2.75. The molecule has 2 aromatic carbocycles. The molecule has 0 fully saturated rings. The molecule has 0 spiro atoms. The zero-order valence-corrected chi connectivity index (χ0v) is 18.3. The van der Waals surface area contributed by atoms with E-state index in [2.05, 4.69) is 5.32 Å². The Morgan fingerprint density at radius 2 is 1.63 bits per heavy atom. The first-order valence-electron chi connectivity index (χ1n) is 10.3. The number of rotatable bonds is 11. The molecule has 1 N–H and O–H groups in total. The van der Waals surface area contributed by atoms with Crippen LogP contribution in [0, 0.1) is 0 Å². The molecule has 30 heavy (non-hydrogen) atoms. The standard InChI is InChI=1S/C24H32N2O4/c1-18(2)25-24(28)19(3)26(17-20-12-14-21(29-4)15-13-20)23(27)11-8-16-30-22-9-6-5-7-10-22/h5-7,9-10,12-15,18-19H,8,11,16-17H2,1-4H3,(H,25,28)/t19-/m1/s1. The molecule has 0 bridgehead atoms. The SMILES string of the molecule is COc1ccc(CN(C(=O)CCCOc2ccccc2)[C@H](C)C(=O)NC(C)C)cc1. The Morgan fingerprint density at radius 3 is 2.23 bits per heavy atom. The van der Waals surface area contributed by atoms with E-state index in [-0.39, 0.29) is 17.9 Å². The van der Waals surface area contributed by atoms with E-state index in [9.17, 15) is 9.59 Å². The van der Waals surface area contributed by atoms with E-state index in [1.165, 1.54) is 0 Å². The lowest BCUT2D eigenvalue weighted by Crippen LogP contribution is -2.49. The van der Waals surface area contributed by atoms with E-state index >= 15 is 0 Å². The summed E-state index contributed by atoms with van der Waals surface area (Å²) in [6.45, 7) is 6.37. The second-order valence-electron chi connectivity index (χ2n) is 7.47. The molecule has 2 amide bonds. The van der Waals surface area contributed by atoms with E-state index in [1.54, 1.807) is 18.9 Å². The number of ether oxygens (including phenoxy) is 2. The van der Waals surface area contributed by atoms with Gasteiger partial charge in [-0.1, -0.05) is 30.3 Å². The van der Waals surface area contributed by atoms with Gasteiger partial charge in [-0.15, -0.1) is 0 Å². The van der Waals surface area contributed by atoms with Gasteiger partial charge in [0.05, 0.1) is 13.7 Å².